The summed E-state index contributed by atoms with van der Waals surface area (Å²) in [6.45, 7) is 7.37. The fourth-order valence-corrected chi connectivity index (χ4v) is 3.21. The third kappa shape index (κ3) is 4.23. The van der Waals surface area contributed by atoms with Crippen molar-refractivity contribution in [1.29, 1.82) is 0 Å². The van der Waals surface area contributed by atoms with Crippen LogP contribution < -0.4 is 5.32 Å². The van der Waals surface area contributed by atoms with Gasteiger partial charge in [0.15, 0.2) is 5.17 Å². The molecule has 1 heterocycles. The van der Waals surface area contributed by atoms with Crippen LogP contribution in [0.15, 0.2) is 29.3 Å². The van der Waals surface area contributed by atoms with E-state index in [1.54, 1.807) is 17.8 Å². The smallest absolute Gasteiger partial charge is 0.156 e. The molecule has 1 saturated heterocycles. The minimum Gasteiger partial charge on any atom is -0.362 e. The maximum absolute atomic E-state index is 13.5. The zero-order valence-electron chi connectivity index (χ0n) is 12.4. The molecule has 2 rings (SSSR count). The molecule has 1 unspecified atom stereocenters. The number of halogens is 1. The molecule has 0 bridgehead atoms. The van der Waals surface area contributed by atoms with Crippen molar-refractivity contribution in [3.63, 3.8) is 0 Å². The highest BCUT2D eigenvalue weighted by molar-refractivity contribution is 8.13. The van der Waals surface area contributed by atoms with Gasteiger partial charge in [-0.3, -0.25) is 4.99 Å². The number of hydrogen-bond donors (Lipinski definition) is 1. The monoisotopic (exact) mass is 294 g/mol. The Kier molecular flexibility index (Phi) is 5.08. The predicted octanol–water partition coefficient (Wildman–Crippen LogP) is 3.87. The molecular weight excluding hydrogens is 271 g/mol. The zero-order chi connectivity index (χ0) is 14.6. The summed E-state index contributed by atoms with van der Waals surface area (Å²) in [6, 6.07) is 7.39. The van der Waals surface area contributed by atoms with Gasteiger partial charge in [-0.25, -0.2) is 4.39 Å². The molecule has 0 aromatic heterocycles. The highest BCUT2D eigenvalue weighted by atomic mass is 32.2. The third-order valence-corrected chi connectivity index (χ3v) is 4.54. The van der Waals surface area contributed by atoms with Crippen LogP contribution >= 0.6 is 11.8 Å². The molecule has 2 nitrogen and oxygen atoms in total. The summed E-state index contributed by atoms with van der Waals surface area (Å²) in [4.78, 5) is 4.59. The second kappa shape index (κ2) is 6.61. The quantitative estimate of drug-likeness (QED) is 0.915. The van der Waals surface area contributed by atoms with E-state index in [0.717, 1.165) is 16.5 Å². The number of nitrogens with one attached hydrogen (secondary N) is 1. The van der Waals surface area contributed by atoms with Gasteiger partial charge in [-0.2, -0.15) is 0 Å². The molecule has 1 aromatic carbocycles. The number of rotatable bonds is 3. The van der Waals surface area contributed by atoms with E-state index >= 15 is 0 Å². The van der Waals surface area contributed by atoms with Gasteiger partial charge in [0.05, 0.1) is 0 Å². The van der Waals surface area contributed by atoms with Gasteiger partial charge in [-0.05, 0) is 29.9 Å². The summed E-state index contributed by atoms with van der Waals surface area (Å²) >= 11 is 1.77. The molecule has 0 amide bonds. The minimum atomic E-state index is -0.135. The molecule has 1 N–H and O–H groups in total. The minimum absolute atomic E-state index is 0.135. The van der Waals surface area contributed by atoms with Crippen LogP contribution in [0.25, 0.3) is 0 Å². The molecule has 1 fully saturated rings. The Morgan fingerprint density at radius 2 is 2.10 bits per heavy atom. The van der Waals surface area contributed by atoms with E-state index in [1.165, 1.54) is 12.5 Å². The molecule has 0 radical (unpaired) electrons. The van der Waals surface area contributed by atoms with Crippen LogP contribution in [0.4, 0.5) is 4.39 Å². The summed E-state index contributed by atoms with van der Waals surface area (Å²) in [5.74, 6) is 0.970. The molecule has 1 aromatic rings. The molecule has 1 aliphatic heterocycles. The van der Waals surface area contributed by atoms with Crippen LogP contribution in [0.1, 0.15) is 32.8 Å². The van der Waals surface area contributed by atoms with Crippen LogP contribution in [-0.2, 0) is 6.42 Å². The first-order chi connectivity index (χ1) is 9.47. The van der Waals surface area contributed by atoms with Crippen LogP contribution in [-0.4, -0.2) is 23.5 Å². The van der Waals surface area contributed by atoms with E-state index < -0.39 is 0 Å². The SMILES string of the molecule is CC(C)(C)C1CCSC(=NCCc2ccccc2F)N1. The Morgan fingerprint density at radius 3 is 2.80 bits per heavy atom. The summed E-state index contributed by atoms with van der Waals surface area (Å²) in [6.07, 6.45) is 1.82. The summed E-state index contributed by atoms with van der Waals surface area (Å²) in [5.41, 5.74) is 0.984. The van der Waals surface area contributed by atoms with Gasteiger partial charge in [-0.1, -0.05) is 50.7 Å². The molecule has 0 spiro atoms. The third-order valence-electron chi connectivity index (χ3n) is 3.58. The molecule has 20 heavy (non-hydrogen) atoms. The fourth-order valence-electron chi connectivity index (χ4n) is 2.26. The van der Waals surface area contributed by atoms with Gasteiger partial charge in [0.25, 0.3) is 0 Å². The van der Waals surface area contributed by atoms with Crippen molar-refractivity contribution in [2.24, 2.45) is 10.4 Å². The van der Waals surface area contributed by atoms with Crippen molar-refractivity contribution in [3.05, 3.63) is 35.6 Å². The van der Waals surface area contributed by atoms with E-state index in [1.807, 2.05) is 12.1 Å². The van der Waals surface area contributed by atoms with Crippen LogP contribution in [0.5, 0.6) is 0 Å². The van der Waals surface area contributed by atoms with E-state index in [9.17, 15) is 4.39 Å². The number of hydrogen-bond acceptors (Lipinski definition) is 2. The van der Waals surface area contributed by atoms with Crippen molar-refractivity contribution in [1.82, 2.24) is 5.32 Å². The lowest BCUT2D eigenvalue weighted by atomic mass is 9.85. The van der Waals surface area contributed by atoms with E-state index in [2.05, 4.69) is 31.1 Å². The van der Waals surface area contributed by atoms with Gasteiger partial charge < -0.3 is 5.32 Å². The Labute approximate surface area is 125 Å². The van der Waals surface area contributed by atoms with Crippen molar-refractivity contribution in [2.75, 3.05) is 12.3 Å². The highest BCUT2D eigenvalue weighted by Gasteiger charge is 2.28. The lowest BCUT2D eigenvalue weighted by Crippen LogP contribution is -2.46. The Bertz CT molecular complexity index is 480. The topological polar surface area (TPSA) is 24.4 Å². The average molecular weight is 294 g/mol. The van der Waals surface area contributed by atoms with Crippen LogP contribution in [0.2, 0.25) is 0 Å². The first-order valence-corrected chi connectivity index (χ1v) is 8.12. The van der Waals surface area contributed by atoms with Gasteiger partial charge in [-0.15, -0.1) is 0 Å². The lowest BCUT2D eigenvalue weighted by molar-refractivity contribution is 0.290. The maximum atomic E-state index is 13.5. The molecule has 0 aliphatic carbocycles. The highest BCUT2D eigenvalue weighted by Crippen LogP contribution is 2.27. The summed E-state index contributed by atoms with van der Waals surface area (Å²) in [5, 5.41) is 4.52. The van der Waals surface area contributed by atoms with Crippen molar-refractivity contribution >= 4 is 16.9 Å². The van der Waals surface area contributed by atoms with Gasteiger partial charge in [0.2, 0.25) is 0 Å². The maximum Gasteiger partial charge on any atom is 0.156 e. The second-order valence-corrected chi connectivity index (χ2v) is 7.31. The van der Waals surface area contributed by atoms with Crippen molar-refractivity contribution in [2.45, 2.75) is 39.7 Å². The molecule has 1 atom stereocenters. The standard InChI is InChI=1S/C16H23FN2S/c1-16(2,3)14-9-11-20-15(19-14)18-10-8-12-6-4-5-7-13(12)17/h4-7,14H,8-11H2,1-3H3,(H,18,19). The van der Waals surface area contributed by atoms with Crippen molar-refractivity contribution in [3.8, 4) is 0 Å². The second-order valence-electron chi connectivity index (χ2n) is 6.23. The number of aliphatic imine (C=N–C) groups is 1. The number of benzene rings is 1. The summed E-state index contributed by atoms with van der Waals surface area (Å²) in [7, 11) is 0. The van der Waals surface area contributed by atoms with Gasteiger partial charge >= 0.3 is 0 Å². The van der Waals surface area contributed by atoms with Gasteiger partial charge in [0, 0.05) is 18.3 Å². The Hall–Kier alpha value is -1.03. The lowest BCUT2D eigenvalue weighted by Gasteiger charge is -2.35. The fraction of sp³-hybridized carbons (Fsp3) is 0.562. The molecule has 0 saturated carbocycles. The predicted molar refractivity (Wildman–Crippen MR) is 85.9 cm³/mol. The normalized spacial score (nSPS) is 21.8. The number of thioether (sulfide) groups is 1. The Balaban J connectivity index is 1.90. The average Bonchev–Trinajstić information content (AvgIpc) is 2.40. The number of amidine groups is 1. The zero-order valence-corrected chi connectivity index (χ0v) is 13.3. The van der Waals surface area contributed by atoms with Crippen molar-refractivity contribution < 1.29 is 4.39 Å². The largest absolute Gasteiger partial charge is 0.362 e. The molecular formula is C16H23FN2S. The first-order valence-electron chi connectivity index (χ1n) is 7.14. The molecule has 1 aliphatic rings. The van der Waals surface area contributed by atoms with Crippen LogP contribution in [0.3, 0.4) is 0 Å². The summed E-state index contributed by atoms with van der Waals surface area (Å²) < 4.78 is 13.5. The first kappa shape index (κ1) is 15.4. The van der Waals surface area contributed by atoms with E-state index in [-0.39, 0.29) is 11.2 Å². The molecule has 110 valence electrons. The number of nitrogens with zero attached hydrogens (tertiary/aromatic N) is 1. The van der Waals surface area contributed by atoms with Crippen LogP contribution in [0, 0.1) is 11.2 Å². The molecule has 4 heteroatoms. The van der Waals surface area contributed by atoms with E-state index in [4.69, 9.17) is 0 Å². The van der Waals surface area contributed by atoms with Gasteiger partial charge in [0.1, 0.15) is 5.82 Å². The van der Waals surface area contributed by atoms with E-state index in [0.29, 0.717) is 19.0 Å². The Morgan fingerprint density at radius 1 is 1.35 bits per heavy atom.